The van der Waals surface area contributed by atoms with Crippen LogP contribution in [0.5, 0.6) is 0 Å². The van der Waals surface area contributed by atoms with Crippen molar-refractivity contribution in [2.24, 2.45) is 0 Å². The third-order valence-corrected chi connectivity index (χ3v) is 6.07. The predicted octanol–water partition coefficient (Wildman–Crippen LogP) is 5.09. The molecule has 0 aliphatic rings. The van der Waals surface area contributed by atoms with Gasteiger partial charge in [-0.25, -0.2) is 0 Å². The van der Waals surface area contributed by atoms with E-state index in [-0.39, 0.29) is 24.3 Å². The number of nitrogens with one attached hydrogen (secondary N) is 1. The summed E-state index contributed by atoms with van der Waals surface area (Å²) in [5, 5.41) is 3.11. The Balaban J connectivity index is 1.96. The van der Waals surface area contributed by atoms with Gasteiger partial charge in [-0.3, -0.25) is 9.59 Å². The van der Waals surface area contributed by atoms with Gasteiger partial charge in [-0.15, -0.1) is 0 Å². The number of rotatable bonds is 10. The van der Waals surface area contributed by atoms with Crippen LogP contribution in [0.25, 0.3) is 0 Å². The molecule has 0 saturated carbocycles. The van der Waals surface area contributed by atoms with Crippen LogP contribution in [0.4, 0.5) is 0 Å². The van der Waals surface area contributed by atoms with Gasteiger partial charge in [-0.2, -0.15) is 0 Å². The Hall–Kier alpha value is -3.40. The topological polar surface area (TPSA) is 49.4 Å². The molecule has 2 amide bonds. The lowest BCUT2D eigenvalue weighted by Gasteiger charge is -2.32. The summed E-state index contributed by atoms with van der Waals surface area (Å²) in [6.45, 7) is 6.44. The molecule has 3 rings (SSSR count). The Bertz CT molecular complexity index is 1030. The fourth-order valence-corrected chi connectivity index (χ4v) is 3.85. The maximum absolute atomic E-state index is 13.7. The quantitative estimate of drug-likeness (QED) is 0.475. The van der Waals surface area contributed by atoms with Crippen LogP contribution in [-0.2, 0) is 29.0 Å². The van der Waals surface area contributed by atoms with Gasteiger partial charge in [0.25, 0.3) is 0 Å². The number of benzene rings is 3. The number of carbonyl (C=O) groups excluding carboxylic acids is 2. The summed E-state index contributed by atoms with van der Waals surface area (Å²) in [7, 11) is 0. The lowest BCUT2D eigenvalue weighted by atomic mass is 10.00. The van der Waals surface area contributed by atoms with Gasteiger partial charge in [0, 0.05) is 19.0 Å². The van der Waals surface area contributed by atoms with E-state index in [1.807, 2.05) is 106 Å². The summed E-state index contributed by atoms with van der Waals surface area (Å²) in [6.07, 6.45) is 1.57. The van der Waals surface area contributed by atoms with Crippen LogP contribution >= 0.6 is 0 Å². The van der Waals surface area contributed by atoms with Crippen molar-refractivity contribution in [3.8, 4) is 0 Å². The molecule has 0 aliphatic heterocycles. The van der Waals surface area contributed by atoms with E-state index < -0.39 is 6.04 Å². The van der Waals surface area contributed by atoms with Crippen molar-refractivity contribution >= 4 is 11.8 Å². The summed E-state index contributed by atoms with van der Waals surface area (Å²) in [6, 6.07) is 27.2. The molecule has 4 nitrogen and oxygen atoms in total. The van der Waals surface area contributed by atoms with Crippen LogP contribution in [0.15, 0.2) is 84.9 Å². The fraction of sp³-hybridized carbons (Fsp3) is 0.310. The summed E-state index contributed by atoms with van der Waals surface area (Å²) < 4.78 is 0. The highest BCUT2D eigenvalue weighted by Gasteiger charge is 2.31. The summed E-state index contributed by atoms with van der Waals surface area (Å²) in [4.78, 5) is 28.9. The second kappa shape index (κ2) is 12.0. The Morgan fingerprint density at radius 1 is 0.848 bits per heavy atom. The predicted molar refractivity (Wildman–Crippen MR) is 134 cm³/mol. The highest BCUT2D eigenvalue weighted by Crippen LogP contribution is 2.18. The van der Waals surface area contributed by atoms with Crippen molar-refractivity contribution in [3.63, 3.8) is 0 Å². The number of carbonyl (C=O) groups is 2. The van der Waals surface area contributed by atoms with Crippen LogP contribution in [0, 0.1) is 6.92 Å². The zero-order valence-corrected chi connectivity index (χ0v) is 19.8. The van der Waals surface area contributed by atoms with Crippen LogP contribution in [0.1, 0.15) is 42.5 Å². The molecule has 33 heavy (non-hydrogen) atoms. The third kappa shape index (κ3) is 7.04. The largest absolute Gasteiger partial charge is 0.352 e. The SMILES string of the molecule is CC[C@H](C)NC(=O)[C@H](Cc1ccccc1)N(Cc1ccccc1)C(=O)Cc1ccccc1C. The maximum Gasteiger partial charge on any atom is 0.243 e. The smallest absolute Gasteiger partial charge is 0.243 e. The minimum absolute atomic E-state index is 0.0424. The van der Waals surface area contributed by atoms with Gasteiger partial charge in [0.15, 0.2) is 0 Å². The molecule has 1 N–H and O–H groups in total. The van der Waals surface area contributed by atoms with E-state index in [4.69, 9.17) is 0 Å². The first kappa shape index (κ1) is 24.2. The van der Waals surface area contributed by atoms with Gasteiger partial charge < -0.3 is 10.2 Å². The van der Waals surface area contributed by atoms with Crippen molar-refractivity contribution in [1.29, 1.82) is 0 Å². The molecule has 0 aromatic heterocycles. The van der Waals surface area contributed by atoms with Crippen molar-refractivity contribution in [2.45, 2.75) is 58.7 Å². The number of nitrogens with zero attached hydrogens (tertiary/aromatic N) is 1. The molecule has 2 atom stereocenters. The summed E-state index contributed by atoms with van der Waals surface area (Å²) in [5.74, 6) is -0.157. The molecule has 0 heterocycles. The van der Waals surface area contributed by atoms with Gasteiger partial charge >= 0.3 is 0 Å². The maximum atomic E-state index is 13.7. The Morgan fingerprint density at radius 3 is 2.03 bits per heavy atom. The lowest BCUT2D eigenvalue weighted by molar-refractivity contribution is -0.141. The van der Waals surface area contributed by atoms with Gasteiger partial charge in [-0.1, -0.05) is 91.9 Å². The van der Waals surface area contributed by atoms with Gasteiger partial charge in [0.05, 0.1) is 6.42 Å². The normalized spacial score (nSPS) is 12.6. The average Bonchev–Trinajstić information content (AvgIpc) is 2.83. The lowest BCUT2D eigenvalue weighted by Crippen LogP contribution is -2.52. The number of hydrogen-bond donors (Lipinski definition) is 1. The molecule has 3 aromatic rings. The minimum Gasteiger partial charge on any atom is -0.352 e. The molecule has 4 heteroatoms. The van der Waals surface area contributed by atoms with E-state index in [0.717, 1.165) is 28.7 Å². The number of aryl methyl sites for hydroxylation is 1. The molecule has 172 valence electrons. The van der Waals surface area contributed by atoms with Gasteiger partial charge in [0.1, 0.15) is 6.04 Å². The summed E-state index contributed by atoms with van der Waals surface area (Å²) in [5.41, 5.74) is 4.10. The second-order valence-corrected chi connectivity index (χ2v) is 8.63. The number of hydrogen-bond acceptors (Lipinski definition) is 2. The number of amides is 2. The zero-order valence-electron chi connectivity index (χ0n) is 19.8. The molecule has 0 spiro atoms. The van der Waals surface area contributed by atoms with Crippen molar-refractivity contribution in [2.75, 3.05) is 0 Å². The zero-order chi connectivity index (χ0) is 23.6. The Labute approximate surface area is 197 Å². The van der Waals surface area contributed by atoms with E-state index in [1.54, 1.807) is 4.90 Å². The first-order valence-electron chi connectivity index (χ1n) is 11.7. The van der Waals surface area contributed by atoms with E-state index in [9.17, 15) is 9.59 Å². The summed E-state index contributed by atoms with van der Waals surface area (Å²) >= 11 is 0. The second-order valence-electron chi connectivity index (χ2n) is 8.63. The minimum atomic E-state index is -0.599. The van der Waals surface area contributed by atoms with Crippen LogP contribution < -0.4 is 5.32 Å². The molecule has 0 aliphatic carbocycles. The molecular weight excluding hydrogens is 408 g/mol. The third-order valence-electron chi connectivity index (χ3n) is 6.07. The molecule has 0 unspecified atom stereocenters. The fourth-order valence-electron chi connectivity index (χ4n) is 3.85. The molecule has 3 aromatic carbocycles. The molecule has 0 bridgehead atoms. The van der Waals surface area contributed by atoms with Gasteiger partial charge in [0.2, 0.25) is 11.8 Å². The Morgan fingerprint density at radius 2 is 1.42 bits per heavy atom. The van der Waals surface area contributed by atoms with Crippen molar-refractivity contribution in [1.82, 2.24) is 10.2 Å². The highest BCUT2D eigenvalue weighted by atomic mass is 16.2. The molecule has 0 fully saturated rings. The van der Waals surface area contributed by atoms with E-state index in [0.29, 0.717) is 13.0 Å². The first-order chi connectivity index (χ1) is 16.0. The van der Waals surface area contributed by atoms with Crippen molar-refractivity contribution < 1.29 is 9.59 Å². The monoisotopic (exact) mass is 442 g/mol. The average molecular weight is 443 g/mol. The molecule has 0 saturated heterocycles. The first-order valence-corrected chi connectivity index (χ1v) is 11.7. The highest BCUT2D eigenvalue weighted by molar-refractivity contribution is 5.89. The molecule has 0 radical (unpaired) electrons. The van der Waals surface area contributed by atoms with E-state index in [2.05, 4.69) is 5.32 Å². The van der Waals surface area contributed by atoms with Crippen LogP contribution in [0.3, 0.4) is 0 Å². The standard InChI is InChI=1S/C29H34N2O2/c1-4-23(3)30-29(33)27(19-24-14-7-5-8-15-24)31(21-25-16-9-6-10-17-25)28(32)20-26-18-12-11-13-22(26)2/h5-18,23,27H,4,19-21H2,1-3H3,(H,30,33)/t23-,27-/m0/s1. The van der Waals surface area contributed by atoms with E-state index in [1.165, 1.54) is 0 Å². The van der Waals surface area contributed by atoms with E-state index >= 15 is 0 Å². The Kier molecular flexibility index (Phi) is 8.82. The van der Waals surface area contributed by atoms with Crippen LogP contribution in [-0.4, -0.2) is 28.8 Å². The van der Waals surface area contributed by atoms with Crippen molar-refractivity contribution in [3.05, 3.63) is 107 Å². The molecular formula is C29H34N2O2. The van der Waals surface area contributed by atoms with Gasteiger partial charge in [-0.05, 0) is 42.5 Å². The van der Waals surface area contributed by atoms with Crippen LogP contribution in [0.2, 0.25) is 0 Å².